The lowest BCUT2D eigenvalue weighted by Crippen LogP contribution is -2.53. The van der Waals surface area contributed by atoms with E-state index >= 15 is 0 Å². The number of fused-ring (bicyclic) bond motifs is 2. The van der Waals surface area contributed by atoms with Crippen molar-refractivity contribution in [3.05, 3.63) is 45.8 Å². The van der Waals surface area contributed by atoms with E-state index in [9.17, 15) is 14.9 Å². The molecule has 1 aromatic carbocycles. The van der Waals surface area contributed by atoms with Gasteiger partial charge in [-0.15, -0.1) is 17.5 Å². The fourth-order valence-electron chi connectivity index (χ4n) is 4.77. The fraction of sp³-hybridized carbons (Fsp3) is 0.526. The van der Waals surface area contributed by atoms with Gasteiger partial charge in [0.15, 0.2) is 5.69 Å². The lowest BCUT2D eigenvalue weighted by Gasteiger charge is -2.45. The standard InChI is InChI=1S/C19H24N6O3.ClH/c1-11-17(22-23-24(11)15-6-3-7-16(10-15)25(27)28)19(26)21-18-12-4-2-5-13(18)9-14(20)8-12;/h3,6-7,10,12-14,18H,2,4-5,8-9,20H2,1H3,(H,21,26);1H. The molecule has 0 radical (unpaired) electrons. The van der Waals surface area contributed by atoms with Gasteiger partial charge in [0, 0.05) is 24.2 Å². The Balaban J connectivity index is 0.00000240. The first-order valence-corrected chi connectivity index (χ1v) is 9.67. The topological polar surface area (TPSA) is 129 Å². The molecule has 2 bridgehead atoms. The molecule has 1 aromatic heterocycles. The number of non-ortho nitro benzene ring substituents is 1. The van der Waals surface area contributed by atoms with Crippen molar-refractivity contribution in [2.75, 3.05) is 0 Å². The van der Waals surface area contributed by atoms with Crippen LogP contribution in [0.2, 0.25) is 0 Å². The van der Waals surface area contributed by atoms with Crippen LogP contribution in [0.3, 0.4) is 0 Å². The minimum absolute atomic E-state index is 0. The number of aromatic nitrogens is 3. The number of rotatable bonds is 4. The first kappa shape index (κ1) is 21.2. The third-order valence-corrected chi connectivity index (χ3v) is 6.07. The molecule has 1 heterocycles. The van der Waals surface area contributed by atoms with E-state index in [1.54, 1.807) is 19.1 Å². The largest absolute Gasteiger partial charge is 0.347 e. The minimum atomic E-state index is -0.462. The zero-order valence-electron chi connectivity index (χ0n) is 16.2. The second-order valence-corrected chi connectivity index (χ2v) is 7.89. The summed E-state index contributed by atoms with van der Waals surface area (Å²) in [6, 6.07) is 6.46. The van der Waals surface area contributed by atoms with Crippen molar-refractivity contribution in [1.82, 2.24) is 20.3 Å². The van der Waals surface area contributed by atoms with Crippen LogP contribution in [0.1, 0.15) is 48.3 Å². The molecule has 0 spiro atoms. The molecule has 29 heavy (non-hydrogen) atoms. The molecule has 2 saturated carbocycles. The van der Waals surface area contributed by atoms with Crippen LogP contribution in [0, 0.1) is 28.9 Å². The zero-order chi connectivity index (χ0) is 19.8. The van der Waals surface area contributed by atoms with Gasteiger partial charge in [-0.3, -0.25) is 14.9 Å². The first-order valence-electron chi connectivity index (χ1n) is 9.67. The van der Waals surface area contributed by atoms with Gasteiger partial charge in [0.05, 0.1) is 16.3 Å². The van der Waals surface area contributed by atoms with E-state index in [-0.39, 0.29) is 41.8 Å². The molecule has 10 heteroatoms. The van der Waals surface area contributed by atoms with Crippen molar-refractivity contribution in [2.24, 2.45) is 17.6 Å². The van der Waals surface area contributed by atoms with Crippen LogP contribution in [0.5, 0.6) is 0 Å². The number of carbonyl (C=O) groups is 1. The number of hydrogen-bond acceptors (Lipinski definition) is 6. The van der Waals surface area contributed by atoms with Gasteiger partial charge in [-0.1, -0.05) is 17.7 Å². The van der Waals surface area contributed by atoms with Gasteiger partial charge >= 0.3 is 0 Å². The van der Waals surface area contributed by atoms with E-state index < -0.39 is 4.92 Å². The quantitative estimate of drug-likeness (QED) is 0.577. The van der Waals surface area contributed by atoms with Crippen molar-refractivity contribution >= 4 is 24.0 Å². The van der Waals surface area contributed by atoms with E-state index in [2.05, 4.69) is 15.6 Å². The highest BCUT2D eigenvalue weighted by Gasteiger charge is 2.40. The smallest absolute Gasteiger partial charge is 0.274 e. The van der Waals surface area contributed by atoms with E-state index in [0.717, 1.165) is 25.7 Å². The van der Waals surface area contributed by atoms with Crippen LogP contribution < -0.4 is 11.1 Å². The third kappa shape index (κ3) is 4.11. The maximum Gasteiger partial charge on any atom is 0.274 e. The van der Waals surface area contributed by atoms with Gasteiger partial charge in [0.2, 0.25) is 0 Å². The normalized spacial score (nSPS) is 25.7. The summed E-state index contributed by atoms with van der Waals surface area (Å²) in [7, 11) is 0. The van der Waals surface area contributed by atoms with E-state index in [4.69, 9.17) is 5.73 Å². The second-order valence-electron chi connectivity index (χ2n) is 7.89. The van der Waals surface area contributed by atoms with Crippen LogP contribution >= 0.6 is 12.4 Å². The number of nitrogens with zero attached hydrogens (tertiary/aromatic N) is 4. The Bertz CT molecular complexity index is 903. The summed E-state index contributed by atoms with van der Waals surface area (Å²) < 4.78 is 1.46. The Morgan fingerprint density at radius 3 is 2.66 bits per heavy atom. The summed E-state index contributed by atoms with van der Waals surface area (Å²) in [5, 5.41) is 22.3. The molecule has 2 aliphatic rings. The molecule has 0 aliphatic heterocycles. The lowest BCUT2D eigenvalue weighted by molar-refractivity contribution is -0.384. The van der Waals surface area contributed by atoms with Crippen LogP contribution in [-0.4, -0.2) is 37.9 Å². The summed E-state index contributed by atoms with van der Waals surface area (Å²) in [5.74, 6) is 0.587. The van der Waals surface area contributed by atoms with Crippen molar-refractivity contribution in [3.63, 3.8) is 0 Å². The van der Waals surface area contributed by atoms with Gasteiger partial charge < -0.3 is 11.1 Å². The van der Waals surface area contributed by atoms with Gasteiger partial charge in [-0.25, -0.2) is 4.68 Å². The van der Waals surface area contributed by atoms with Crippen molar-refractivity contribution < 1.29 is 9.72 Å². The summed E-state index contributed by atoms with van der Waals surface area (Å²) in [6.07, 6.45) is 5.26. The molecule has 2 fully saturated rings. The molecule has 156 valence electrons. The molecule has 9 nitrogen and oxygen atoms in total. The predicted octanol–water partition coefficient (Wildman–Crippen LogP) is 2.54. The lowest BCUT2D eigenvalue weighted by atomic mass is 9.67. The van der Waals surface area contributed by atoms with Crippen molar-refractivity contribution in [1.29, 1.82) is 0 Å². The molecule has 2 atom stereocenters. The molecular weight excluding hydrogens is 396 g/mol. The Kier molecular flexibility index (Phi) is 6.18. The molecular formula is C19H25ClN6O3. The molecule has 1 amide bonds. The van der Waals surface area contributed by atoms with E-state index in [1.807, 2.05) is 0 Å². The number of halogens is 1. The Labute approximate surface area is 174 Å². The average molecular weight is 421 g/mol. The Morgan fingerprint density at radius 2 is 2.00 bits per heavy atom. The van der Waals surface area contributed by atoms with Crippen LogP contribution in [0.4, 0.5) is 5.69 Å². The number of nitrogens with one attached hydrogen (secondary N) is 1. The number of nitro benzene ring substituents is 1. The number of amides is 1. The molecule has 4 rings (SSSR count). The molecule has 2 aromatic rings. The maximum atomic E-state index is 12.9. The van der Waals surface area contributed by atoms with Crippen molar-refractivity contribution in [2.45, 2.75) is 51.1 Å². The zero-order valence-corrected chi connectivity index (χ0v) is 17.0. The van der Waals surface area contributed by atoms with Gasteiger partial charge in [0.25, 0.3) is 11.6 Å². The number of nitrogens with two attached hydrogens (primary N) is 1. The number of carbonyl (C=O) groups excluding carboxylic acids is 1. The minimum Gasteiger partial charge on any atom is -0.347 e. The van der Waals surface area contributed by atoms with Crippen LogP contribution in [0.25, 0.3) is 5.69 Å². The monoisotopic (exact) mass is 420 g/mol. The van der Waals surface area contributed by atoms with Gasteiger partial charge in [0.1, 0.15) is 0 Å². The first-order chi connectivity index (χ1) is 13.4. The average Bonchev–Trinajstić information content (AvgIpc) is 3.04. The van der Waals surface area contributed by atoms with E-state index in [0.29, 0.717) is 23.2 Å². The number of benzene rings is 1. The molecule has 0 saturated heterocycles. The third-order valence-electron chi connectivity index (χ3n) is 6.07. The van der Waals surface area contributed by atoms with Crippen molar-refractivity contribution in [3.8, 4) is 5.69 Å². The summed E-state index contributed by atoms with van der Waals surface area (Å²) in [5.41, 5.74) is 7.43. The van der Waals surface area contributed by atoms with Crippen LogP contribution in [0.15, 0.2) is 24.3 Å². The summed E-state index contributed by atoms with van der Waals surface area (Å²) >= 11 is 0. The molecule has 2 unspecified atom stereocenters. The second kappa shape index (κ2) is 8.46. The fourth-order valence-corrected chi connectivity index (χ4v) is 4.77. The number of nitro groups is 1. The Hall–Kier alpha value is -2.52. The van der Waals surface area contributed by atoms with Crippen LogP contribution in [-0.2, 0) is 0 Å². The maximum absolute atomic E-state index is 12.9. The highest BCUT2D eigenvalue weighted by molar-refractivity contribution is 5.93. The van der Waals surface area contributed by atoms with Gasteiger partial charge in [-0.2, -0.15) is 0 Å². The molecule has 2 aliphatic carbocycles. The highest BCUT2D eigenvalue weighted by Crippen LogP contribution is 2.39. The van der Waals surface area contributed by atoms with E-state index in [1.165, 1.54) is 23.2 Å². The Morgan fingerprint density at radius 1 is 1.31 bits per heavy atom. The molecule has 3 N–H and O–H groups in total. The summed E-state index contributed by atoms with van der Waals surface area (Å²) in [6.45, 7) is 1.74. The number of hydrogen-bond donors (Lipinski definition) is 2. The summed E-state index contributed by atoms with van der Waals surface area (Å²) in [4.78, 5) is 23.4. The SMILES string of the molecule is Cc1c(C(=O)NC2C3CCCC2CC(N)C3)nnn1-c1cccc([N+](=O)[O-])c1.Cl. The van der Waals surface area contributed by atoms with Gasteiger partial charge in [-0.05, 0) is 50.5 Å². The predicted molar refractivity (Wildman–Crippen MR) is 109 cm³/mol. The highest BCUT2D eigenvalue weighted by atomic mass is 35.5.